The first kappa shape index (κ1) is 22.5. The van der Waals surface area contributed by atoms with Crippen LogP contribution in [0.4, 0.5) is 4.79 Å². The number of likely N-dealkylation sites (tertiary alicyclic amines) is 1. The van der Waals surface area contributed by atoms with Crippen LogP contribution in [0.25, 0.3) is 0 Å². The van der Waals surface area contributed by atoms with Crippen molar-refractivity contribution in [3.63, 3.8) is 0 Å². The van der Waals surface area contributed by atoms with Gasteiger partial charge in [-0.15, -0.1) is 0 Å². The molecule has 0 spiro atoms. The Balaban J connectivity index is 1.65. The van der Waals surface area contributed by atoms with Crippen LogP contribution in [0.3, 0.4) is 0 Å². The van der Waals surface area contributed by atoms with E-state index in [-0.39, 0.29) is 30.1 Å². The van der Waals surface area contributed by atoms with E-state index in [1.807, 2.05) is 51.1 Å². The van der Waals surface area contributed by atoms with Gasteiger partial charge in [0, 0.05) is 12.6 Å². The summed E-state index contributed by atoms with van der Waals surface area (Å²) in [6.07, 6.45) is 1.37. The van der Waals surface area contributed by atoms with E-state index in [2.05, 4.69) is 0 Å². The van der Waals surface area contributed by atoms with E-state index in [9.17, 15) is 14.7 Å². The van der Waals surface area contributed by atoms with Crippen LogP contribution in [-0.4, -0.2) is 46.9 Å². The fourth-order valence-corrected chi connectivity index (χ4v) is 3.39. The molecule has 2 aromatic carbocycles. The Labute approximate surface area is 182 Å². The number of benzene rings is 2. The van der Waals surface area contributed by atoms with Gasteiger partial charge in [-0.3, -0.25) is 0 Å². The summed E-state index contributed by atoms with van der Waals surface area (Å²) >= 11 is 0. The molecule has 0 aromatic heterocycles. The van der Waals surface area contributed by atoms with Gasteiger partial charge in [-0.05, 0) is 51.3 Å². The van der Waals surface area contributed by atoms with Crippen molar-refractivity contribution in [3.05, 3.63) is 59.7 Å². The summed E-state index contributed by atoms with van der Waals surface area (Å²) < 4.78 is 17.2. The number of carboxylic acids is 1. The maximum absolute atomic E-state index is 12.4. The van der Waals surface area contributed by atoms with Gasteiger partial charge < -0.3 is 24.2 Å². The highest BCUT2D eigenvalue weighted by Gasteiger charge is 2.32. The van der Waals surface area contributed by atoms with Gasteiger partial charge in [-0.1, -0.05) is 30.3 Å². The summed E-state index contributed by atoms with van der Waals surface area (Å²) in [7, 11) is 0. The van der Waals surface area contributed by atoms with Crippen LogP contribution in [-0.2, 0) is 11.3 Å². The summed E-state index contributed by atoms with van der Waals surface area (Å²) in [6, 6.07) is 14.1. The molecule has 0 aliphatic carbocycles. The molecule has 166 valence electrons. The van der Waals surface area contributed by atoms with Gasteiger partial charge in [0.1, 0.15) is 35.9 Å². The molecular weight excluding hydrogens is 398 g/mol. The minimum Gasteiger partial charge on any atom is -0.491 e. The van der Waals surface area contributed by atoms with Gasteiger partial charge in [-0.25, -0.2) is 9.59 Å². The molecule has 1 aliphatic heterocycles. The standard InChI is InChI=1S/C24H29NO6/c1-24(2,3)31-23(28)25-13-7-10-18(25)16-29-19-11-12-20(22(26)27)21(14-19)30-15-17-8-5-4-6-9-17/h4-6,8-9,11-12,14,18H,7,10,13,15-16H2,1-3H3,(H,26,27). The lowest BCUT2D eigenvalue weighted by Crippen LogP contribution is -2.42. The molecule has 1 N–H and O–H groups in total. The smallest absolute Gasteiger partial charge is 0.410 e. The van der Waals surface area contributed by atoms with Crippen LogP contribution in [0.2, 0.25) is 0 Å². The van der Waals surface area contributed by atoms with Crippen molar-refractivity contribution in [2.24, 2.45) is 0 Å². The summed E-state index contributed by atoms with van der Waals surface area (Å²) in [6.45, 7) is 6.70. The van der Waals surface area contributed by atoms with Gasteiger partial charge >= 0.3 is 12.1 Å². The third-order valence-corrected chi connectivity index (χ3v) is 4.87. The van der Waals surface area contributed by atoms with Gasteiger partial charge in [0.15, 0.2) is 0 Å². The van der Waals surface area contributed by atoms with Crippen molar-refractivity contribution in [2.75, 3.05) is 13.2 Å². The number of hydrogen-bond donors (Lipinski definition) is 1. The normalized spacial score (nSPS) is 16.1. The van der Waals surface area contributed by atoms with E-state index >= 15 is 0 Å². The van der Waals surface area contributed by atoms with E-state index in [1.165, 1.54) is 6.07 Å². The first-order chi connectivity index (χ1) is 14.7. The number of amides is 1. The monoisotopic (exact) mass is 427 g/mol. The first-order valence-electron chi connectivity index (χ1n) is 10.4. The maximum atomic E-state index is 12.4. The van der Waals surface area contributed by atoms with Crippen LogP contribution in [0, 0.1) is 0 Å². The maximum Gasteiger partial charge on any atom is 0.410 e. The molecule has 1 atom stereocenters. The third-order valence-electron chi connectivity index (χ3n) is 4.87. The molecule has 1 unspecified atom stereocenters. The number of ether oxygens (including phenoxy) is 3. The molecule has 1 saturated heterocycles. The molecule has 0 radical (unpaired) electrons. The Kier molecular flexibility index (Phi) is 7.05. The van der Waals surface area contributed by atoms with Crippen LogP contribution < -0.4 is 9.47 Å². The minimum absolute atomic E-state index is 0.0690. The van der Waals surface area contributed by atoms with Crippen LogP contribution in [0.15, 0.2) is 48.5 Å². The Morgan fingerprint density at radius 2 is 1.84 bits per heavy atom. The highest BCUT2D eigenvalue weighted by Crippen LogP contribution is 2.28. The highest BCUT2D eigenvalue weighted by molar-refractivity contribution is 5.91. The number of aromatic carboxylic acids is 1. The summed E-state index contributed by atoms with van der Waals surface area (Å²) in [4.78, 5) is 25.7. The van der Waals surface area contributed by atoms with Gasteiger partial charge in [-0.2, -0.15) is 0 Å². The zero-order valence-electron chi connectivity index (χ0n) is 18.2. The highest BCUT2D eigenvalue weighted by atomic mass is 16.6. The number of hydrogen-bond acceptors (Lipinski definition) is 5. The molecular formula is C24H29NO6. The van der Waals surface area contributed by atoms with Crippen molar-refractivity contribution >= 4 is 12.1 Å². The number of carboxylic acid groups (broad SMARTS) is 1. The Bertz CT molecular complexity index is 906. The predicted molar refractivity (Wildman–Crippen MR) is 116 cm³/mol. The Morgan fingerprint density at radius 3 is 2.52 bits per heavy atom. The van der Waals surface area contributed by atoms with E-state index in [4.69, 9.17) is 14.2 Å². The number of nitrogens with zero attached hydrogens (tertiary/aromatic N) is 1. The topological polar surface area (TPSA) is 85.3 Å². The molecule has 31 heavy (non-hydrogen) atoms. The quantitative estimate of drug-likeness (QED) is 0.687. The first-order valence-corrected chi connectivity index (χ1v) is 10.4. The van der Waals surface area contributed by atoms with Crippen molar-refractivity contribution in [2.45, 2.75) is 51.9 Å². The van der Waals surface area contributed by atoms with Gasteiger partial charge in [0.25, 0.3) is 0 Å². The summed E-state index contributed by atoms with van der Waals surface area (Å²) in [5.74, 6) is -0.338. The SMILES string of the molecule is CC(C)(C)OC(=O)N1CCCC1COc1ccc(C(=O)O)c(OCc2ccccc2)c1. The second-order valence-corrected chi connectivity index (χ2v) is 8.52. The molecule has 7 nitrogen and oxygen atoms in total. The van der Waals surface area contributed by atoms with Crippen molar-refractivity contribution in [3.8, 4) is 11.5 Å². The van der Waals surface area contributed by atoms with E-state index < -0.39 is 11.6 Å². The van der Waals surface area contributed by atoms with Crippen LogP contribution >= 0.6 is 0 Å². The summed E-state index contributed by atoms with van der Waals surface area (Å²) in [5.41, 5.74) is 0.451. The van der Waals surface area contributed by atoms with E-state index in [1.54, 1.807) is 17.0 Å². The predicted octanol–water partition coefficient (Wildman–Crippen LogP) is 4.74. The Hall–Kier alpha value is -3.22. The number of rotatable bonds is 7. The second-order valence-electron chi connectivity index (χ2n) is 8.52. The molecule has 7 heteroatoms. The summed E-state index contributed by atoms with van der Waals surface area (Å²) in [5, 5.41) is 9.47. The lowest BCUT2D eigenvalue weighted by molar-refractivity contribution is 0.0187. The lowest BCUT2D eigenvalue weighted by atomic mass is 10.2. The average Bonchev–Trinajstić information content (AvgIpc) is 3.19. The van der Waals surface area contributed by atoms with Crippen LogP contribution in [0.1, 0.15) is 49.5 Å². The second kappa shape index (κ2) is 9.73. The molecule has 2 aromatic rings. The van der Waals surface area contributed by atoms with Gasteiger partial charge in [0.2, 0.25) is 0 Å². The number of carbonyl (C=O) groups is 2. The zero-order valence-corrected chi connectivity index (χ0v) is 18.2. The third kappa shape index (κ3) is 6.38. The average molecular weight is 427 g/mol. The number of carbonyl (C=O) groups excluding carboxylic acids is 1. The van der Waals surface area contributed by atoms with Crippen molar-refractivity contribution in [1.29, 1.82) is 0 Å². The largest absolute Gasteiger partial charge is 0.491 e. The molecule has 0 bridgehead atoms. The van der Waals surface area contributed by atoms with E-state index in [0.29, 0.717) is 18.9 Å². The van der Waals surface area contributed by atoms with Crippen molar-refractivity contribution < 1.29 is 28.9 Å². The van der Waals surface area contributed by atoms with Crippen LogP contribution in [0.5, 0.6) is 11.5 Å². The fourth-order valence-electron chi connectivity index (χ4n) is 3.39. The molecule has 1 fully saturated rings. The van der Waals surface area contributed by atoms with E-state index in [0.717, 1.165) is 18.4 Å². The minimum atomic E-state index is -1.07. The molecule has 1 heterocycles. The molecule has 1 amide bonds. The lowest BCUT2D eigenvalue weighted by Gasteiger charge is -2.28. The van der Waals surface area contributed by atoms with Crippen molar-refractivity contribution in [1.82, 2.24) is 4.90 Å². The molecule has 1 aliphatic rings. The van der Waals surface area contributed by atoms with Gasteiger partial charge in [0.05, 0.1) is 6.04 Å². The molecule has 3 rings (SSSR count). The zero-order chi connectivity index (χ0) is 22.4. The molecule has 0 saturated carbocycles. The fraction of sp³-hybridized carbons (Fsp3) is 0.417. The Morgan fingerprint density at radius 1 is 1.10 bits per heavy atom.